The first-order valence-corrected chi connectivity index (χ1v) is 11.3. The van der Waals surface area contributed by atoms with Crippen LogP contribution in [0.15, 0.2) is 27.0 Å². The van der Waals surface area contributed by atoms with Crippen LogP contribution in [0, 0.1) is 0 Å². The number of hydrogen-bond donors (Lipinski definition) is 3. The predicted octanol–water partition coefficient (Wildman–Crippen LogP) is 1.04. The number of aliphatic hydroxyl groups is 1. The Labute approximate surface area is 152 Å². The van der Waals surface area contributed by atoms with Gasteiger partial charge >= 0.3 is 5.69 Å². The number of rotatable bonds is 5. The summed E-state index contributed by atoms with van der Waals surface area (Å²) >= 11 is 0. The minimum absolute atomic E-state index is 0.0859. The first-order valence-electron chi connectivity index (χ1n) is 8.42. The van der Waals surface area contributed by atoms with Crippen molar-refractivity contribution >= 4 is 14.5 Å². The summed E-state index contributed by atoms with van der Waals surface area (Å²) in [5, 5.41) is 22.0. The number of aliphatic hydroxyl groups excluding tert-OH is 1. The lowest BCUT2D eigenvalue weighted by molar-refractivity contribution is -0.0802. The lowest BCUT2D eigenvalue weighted by Crippen LogP contribution is -2.53. The molecule has 1 aliphatic rings. The molecule has 1 aliphatic heterocycles. The maximum Gasteiger partial charge on any atom is 0.330 e. The van der Waals surface area contributed by atoms with Crippen molar-refractivity contribution in [1.82, 2.24) is 9.55 Å². The molecule has 9 nitrogen and oxygen atoms in total. The molecule has 0 spiro atoms. The highest BCUT2D eigenvalue weighted by atomic mass is 28.4. The van der Waals surface area contributed by atoms with Crippen LogP contribution in [0.25, 0.3) is 0 Å². The third-order valence-electron chi connectivity index (χ3n) is 5.24. The molecule has 1 unspecified atom stereocenters. The summed E-state index contributed by atoms with van der Waals surface area (Å²) < 4.78 is 13.5. The van der Waals surface area contributed by atoms with Gasteiger partial charge in [0, 0.05) is 18.7 Å². The van der Waals surface area contributed by atoms with E-state index in [9.17, 15) is 14.7 Å². The van der Waals surface area contributed by atoms with Crippen LogP contribution < -0.4 is 11.2 Å². The van der Waals surface area contributed by atoms with E-state index in [1.807, 2.05) is 0 Å². The van der Waals surface area contributed by atoms with Gasteiger partial charge in [0.2, 0.25) is 0 Å². The molecule has 0 amide bonds. The maximum atomic E-state index is 12.1. The molecule has 1 fully saturated rings. The summed E-state index contributed by atoms with van der Waals surface area (Å²) in [6.45, 7) is 9.89. The molecule has 1 aromatic rings. The van der Waals surface area contributed by atoms with Crippen molar-refractivity contribution in [1.29, 1.82) is 0 Å². The molecule has 0 aromatic carbocycles. The minimum atomic E-state index is -2.24. The molecular weight excluding hydrogens is 358 g/mol. The van der Waals surface area contributed by atoms with Gasteiger partial charge in [-0.25, -0.2) is 4.79 Å². The van der Waals surface area contributed by atoms with Crippen LogP contribution in [0.3, 0.4) is 0 Å². The summed E-state index contributed by atoms with van der Waals surface area (Å²) in [4.78, 5) is 25.5. The Morgan fingerprint density at radius 2 is 2.15 bits per heavy atom. The maximum absolute atomic E-state index is 12.1. The summed E-state index contributed by atoms with van der Waals surface area (Å²) in [7, 11) is -2.24. The highest BCUT2D eigenvalue weighted by Crippen LogP contribution is 2.43. The van der Waals surface area contributed by atoms with Crippen LogP contribution in [0.5, 0.6) is 0 Å². The van der Waals surface area contributed by atoms with E-state index in [1.165, 1.54) is 16.8 Å². The molecule has 1 aromatic heterocycles. The summed E-state index contributed by atoms with van der Waals surface area (Å²) in [5.74, 6) is 0. The number of nitrogens with one attached hydrogen (secondary N) is 1. The number of H-pyrrole nitrogens is 1. The van der Waals surface area contributed by atoms with Crippen LogP contribution in [-0.4, -0.2) is 52.7 Å². The summed E-state index contributed by atoms with van der Waals surface area (Å²) in [6, 6.07) is 1.22. The number of aromatic nitrogens is 2. The zero-order valence-electron chi connectivity index (χ0n) is 15.7. The van der Waals surface area contributed by atoms with Crippen molar-refractivity contribution in [3.63, 3.8) is 0 Å². The number of aromatic amines is 1. The van der Waals surface area contributed by atoms with Gasteiger partial charge in [0.05, 0.1) is 18.9 Å². The van der Waals surface area contributed by atoms with Gasteiger partial charge in [-0.1, -0.05) is 25.9 Å². The van der Waals surface area contributed by atoms with Crippen molar-refractivity contribution in [2.45, 2.75) is 63.3 Å². The molecule has 0 saturated carbocycles. The van der Waals surface area contributed by atoms with Crippen LogP contribution in [0.2, 0.25) is 18.1 Å². The van der Waals surface area contributed by atoms with Crippen molar-refractivity contribution in [3.05, 3.63) is 33.1 Å². The van der Waals surface area contributed by atoms with Crippen molar-refractivity contribution in [2.75, 3.05) is 6.61 Å². The Bertz CT molecular complexity index is 781. The van der Waals surface area contributed by atoms with Gasteiger partial charge in [-0.3, -0.25) is 14.3 Å². The smallest absolute Gasteiger partial charge is 0.330 e. The molecule has 10 heteroatoms. The van der Waals surface area contributed by atoms with E-state index in [0.29, 0.717) is 0 Å². The van der Waals surface area contributed by atoms with Gasteiger partial charge in [0.1, 0.15) is 6.23 Å². The van der Waals surface area contributed by atoms with Gasteiger partial charge in [-0.05, 0) is 18.1 Å². The molecule has 146 valence electrons. The quantitative estimate of drug-likeness (QED) is 0.301. The number of ether oxygens (including phenoxy) is 1. The molecule has 1 saturated heterocycles. The first kappa shape index (κ1) is 20.6. The minimum Gasteiger partial charge on any atom is -0.411 e. The SMILES string of the molecule is CC(C)(C)[Si](C)(C)OC1C[C@@H](n2ccc(=O)[nH]c2=O)O[C@@]1(C=NO)CO. The van der Waals surface area contributed by atoms with Gasteiger partial charge in [0.15, 0.2) is 13.9 Å². The number of oxime groups is 1. The van der Waals surface area contributed by atoms with E-state index in [1.54, 1.807) is 0 Å². The Morgan fingerprint density at radius 1 is 1.50 bits per heavy atom. The van der Waals surface area contributed by atoms with E-state index in [2.05, 4.69) is 44.0 Å². The van der Waals surface area contributed by atoms with E-state index in [4.69, 9.17) is 14.4 Å². The third-order valence-corrected chi connectivity index (χ3v) is 9.73. The Morgan fingerprint density at radius 3 is 2.65 bits per heavy atom. The Balaban J connectivity index is 2.42. The third kappa shape index (κ3) is 3.82. The topological polar surface area (TPSA) is 126 Å². The van der Waals surface area contributed by atoms with E-state index < -0.39 is 44.1 Å². The fourth-order valence-electron chi connectivity index (χ4n) is 2.66. The number of nitrogens with zero attached hydrogens (tertiary/aromatic N) is 2. The highest BCUT2D eigenvalue weighted by Gasteiger charge is 2.53. The van der Waals surface area contributed by atoms with Crippen LogP contribution in [-0.2, 0) is 9.16 Å². The molecule has 2 heterocycles. The standard InChI is InChI=1S/C16H27N3O6Si/c1-15(2,3)26(4,5)25-11-8-13(24-16(11,10-20)9-17-23)19-7-6-12(21)18-14(19)22/h6-7,9,11,13,20,23H,8,10H2,1-5H3,(H,18,21,22)/t11?,13-,16-/m0/s1. The Kier molecular flexibility index (Phi) is 5.62. The van der Waals surface area contributed by atoms with Crippen molar-refractivity contribution < 1.29 is 19.5 Å². The molecule has 3 N–H and O–H groups in total. The second kappa shape index (κ2) is 7.10. The molecule has 0 aliphatic carbocycles. The fourth-order valence-corrected chi connectivity index (χ4v) is 4.02. The molecule has 0 bridgehead atoms. The predicted molar refractivity (Wildman–Crippen MR) is 98.2 cm³/mol. The van der Waals surface area contributed by atoms with E-state index in [-0.39, 0.29) is 11.5 Å². The average Bonchev–Trinajstić information content (AvgIpc) is 2.84. The van der Waals surface area contributed by atoms with Crippen LogP contribution >= 0.6 is 0 Å². The first-order chi connectivity index (χ1) is 12.0. The van der Waals surface area contributed by atoms with Gasteiger partial charge < -0.3 is 19.5 Å². The van der Waals surface area contributed by atoms with E-state index >= 15 is 0 Å². The molecule has 26 heavy (non-hydrogen) atoms. The molecule has 2 rings (SSSR count). The lowest BCUT2D eigenvalue weighted by atomic mass is 9.99. The molecule has 0 radical (unpaired) electrons. The molecular formula is C16H27N3O6Si. The second-order valence-electron chi connectivity index (χ2n) is 8.05. The summed E-state index contributed by atoms with van der Waals surface area (Å²) in [6.07, 6.45) is 1.29. The van der Waals surface area contributed by atoms with Gasteiger partial charge in [-0.2, -0.15) is 0 Å². The zero-order valence-corrected chi connectivity index (χ0v) is 16.7. The second-order valence-corrected chi connectivity index (χ2v) is 12.8. The average molecular weight is 385 g/mol. The van der Waals surface area contributed by atoms with Gasteiger partial charge in [-0.15, -0.1) is 0 Å². The van der Waals surface area contributed by atoms with E-state index in [0.717, 1.165) is 6.21 Å². The Hall–Kier alpha value is -1.75. The largest absolute Gasteiger partial charge is 0.411 e. The molecule has 3 atom stereocenters. The fraction of sp³-hybridized carbons (Fsp3) is 0.688. The lowest BCUT2D eigenvalue weighted by Gasteiger charge is -2.41. The monoisotopic (exact) mass is 385 g/mol. The normalized spacial score (nSPS) is 27.3. The zero-order chi connectivity index (χ0) is 19.8. The van der Waals surface area contributed by atoms with Gasteiger partial charge in [0.25, 0.3) is 5.56 Å². The van der Waals surface area contributed by atoms with Crippen LogP contribution in [0.1, 0.15) is 33.4 Å². The van der Waals surface area contributed by atoms with Crippen LogP contribution in [0.4, 0.5) is 0 Å². The van der Waals surface area contributed by atoms with Crippen molar-refractivity contribution in [2.24, 2.45) is 5.16 Å². The summed E-state index contributed by atoms with van der Waals surface area (Å²) in [5.41, 5.74) is -2.52. The van der Waals surface area contributed by atoms with Crippen molar-refractivity contribution in [3.8, 4) is 0 Å². The number of hydrogen-bond acceptors (Lipinski definition) is 7. The highest BCUT2D eigenvalue weighted by molar-refractivity contribution is 6.74.